The Hall–Kier alpha value is -3.03. The second-order valence-corrected chi connectivity index (χ2v) is 5.09. The monoisotopic (exact) mass is 330 g/mol. The molecule has 0 aliphatic rings. The van der Waals surface area contributed by atoms with Gasteiger partial charge in [0.25, 0.3) is 5.69 Å². The number of benzene rings is 1. The van der Waals surface area contributed by atoms with Crippen molar-refractivity contribution in [3.8, 4) is 0 Å². The number of esters is 1. The molecule has 0 radical (unpaired) electrons. The van der Waals surface area contributed by atoms with Gasteiger partial charge in [-0.1, -0.05) is 0 Å². The maximum atomic E-state index is 11.6. The van der Waals surface area contributed by atoms with Gasteiger partial charge < -0.3 is 4.74 Å². The molecule has 2 rings (SSSR count). The summed E-state index contributed by atoms with van der Waals surface area (Å²) in [6.45, 7) is 5.73. The Morgan fingerprint density at radius 1 is 1.38 bits per heavy atom. The molecule has 0 saturated heterocycles. The molecular formula is C16H18N4O4. The van der Waals surface area contributed by atoms with Crippen LogP contribution in [0.25, 0.3) is 0 Å². The third-order valence-electron chi connectivity index (χ3n) is 3.37. The molecule has 2 aromatic rings. The number of aliphatic imine (C=N–C) groups is 1. The fraction of sp³-hybridized carbons (Fsp3) is 0.312. The van der Waals surface area contributed by atoms with Crippen molar-refractivity contribution in [3.05, 3.63) is 51.3 Å². The molecule has 8 nitrogen and oxygen atoms in total. The highest BCUT2D eigenvalue weighted by Crippen LogP contribution is 2.23. The highest BCUT2D eigenvalue weighted by molar-refractivity contribution is 5.82. The number of carbonyl (C=O) groups is 1. The van der Waals surface area contributed by atoms with Gasteiger partial charge in [-0.3, -0.25) is 24.6 Å². The van der Waals surface area contributed by atoms with Crippen molar-refractivity contribution in [1.29, 1.82) is 0 Å². The van der Waals surface area contributed by atoms with Crippen LogP contribution in [0.3, 0.4) is 0 Å². The van der Waals surface area contributed by atoms with E-state index in [-0.39, 0.29) is 18.2 Å². The predicted octanol–water partition coefficient (Wildman–Crippen LogP) is 2.72. The fourth-order valence-corrected chi connectivity index (χ4v) is 2.18. The zero-order chi connectivity index (χ0) is 17.7. The maximum Gasteiger partial charge on any atom is 0.327 e. The maximum absolute atomic E-state index is 11.6. The van der Waals surface area contributed by atoms with Crippen LogP contribution in [0.5, 0.6) is 0 Å². The van der Waals surface area contributed by atoms with Gasteiger partial charge in [0.05, 0.1) is 22.9 Å². The lowest BCUT2D eigenvalue weighted by atomic mass is 10.2. The first-order valence-electron chi connectivity index (χ1n) is 7.40. The number of hydrogen-bond donors (Lipinski definition) is 0. The van der Waals surface area contributed by atoms with Gasteiger partial charge in [0.2, 0.25) is 0 Å². The van der Waals surface area contributed by atoms with Gasteiger partial charge in [-0.05, 0) is 38.5 Å². The molecule has 1 heterocycles. The number of nitro benzene ring substituents is 1. The minimum atomic E-state index is -0.450. The van der Waals surface area contributed by atoms with Gasteiger partial charge >= 0.3 is 5.97 Å². The molecule has 126 valence electrons. The quantitative estimate of drug-likeness (QED) is 0.351. The number of nitro groups is 1. The molecule has 1 aromatic carbocycles. The minimum Gasteiger partial charge on any atom is -0.465 e. The largest absolute Gasteiger partial charge is 0.465 e. The standard InChI is InChI=1S/C16H18N4O4/c1-4-24-15(21)10-19-12(3)16(11(2)18-19)17-9-13-5-7-14(8-6-13)20(22)23/h5-9H,4,10H2,1-3H3. The van der Waals surface area contributed by atoms with Gasteiger partial charge in [0, 0.05) is 18.3 Å². The molecule has 0 N–H and O–H groups in total. The number of aryl methyl sites for hydroxylation is 1. The molecule has 0 atom stereocenters. The molecule has 0 bridgehead atoms. The summed E-state index contributed by atoms with van der Waals surface area (Å²) in [6.07, 6.45) is 1.61. The summed E-state index contributed by atoms with van der Waals surface area (Å²) >= 11 is 0. The van der Waals surface area contributed by atoms with Crippen molar-refractivity contribution in [2.24, 2.45) is 4.99 Å². The van der Waals surface area contributed by atoms with Crippen LogP contribution in [0, 0.1) is 24.0 Å². The van der Waals surface area contributed by atoms with E-state index in [0.29, 0.717) is 18.0 Å². The van der Waals surface area contributed by atoms with Crippen LogP contribution >= 0.6 is 0 Å². The van der Waals surface area contributed by atoms with E-state index < -0.39 is 4.92 Å². The molecule has 0 aliphatic heterocycles. The summed E-state index contributed by atoms with van der Waals surface area (Å²) in [7, 11) is 0. The van der Waals surface area contributed by atoms with Crippen molar-refractivity contribution in [2.75, 3.05) is 6.61 Å². The Balaban J connectivity index is 2.18. The molecular weight excluding hydrogens is 312 g/mol. The van der Waals surface area contributed by atoms with Crippen LogP contribution in [0.15, 0.2) is 29.3 Å². The van der Waals surface area contributed by atoms with Crippen molar-refractivity contribution >= 4 is 23.6 Å². The lowest BCUT2D eigenvalue weighted by molar-refractivity contribution is -0.384. The van der Waals surface area contributed by atoms with E-state index >= 15 is 0 Å². The molecule has 0 unspecified atom stereocenters. The number of hydrogen-bond acceptors (Lipinski definition) is 6. The Morgan fingerprint density at radius 3 is 2.62 bits per heavy atom. The van der Waals surface area contributed by atoms with Crippen LogP contribution in [0.1, 0.15) is 23.9 Å². The minimum absolute atomic E-state index is 0.0294. The van der Waals surface area contributed by atoms with Gasteiger partial charge in [0.15, 0.2) is 0 Å². The average molecular weight is 330 g/mol. The lowest BCUT2D eigenvalue weighted by Gasteiger charge is -2.03. The van der Waals surface area contributed by atoms with Crippen LogP contribution < -0.4 is 0 Å². The van der Waals surface area contributed by atoms with Crippen LogP contribution in [-0.2, 0) is 16.1 Å². The molecule has 1 aromatic heterocycles. The molecule has 0 spiro atoms. The molecule has 8 heteroatoms. The highest BCUT2D eigenvalue weighted by Gasteiger charge is 2.13. The van der Waals surface area contributed by atoms with Crippen molar-refractivity contribution in [1.82, 2.24) is 9.78 Å². The number of non-ortho nitro benzene ring substituents is 1. The summed E-state index contributed by atoms with van der Waals surface area (Å²) in [5, 5.41) is 14.9. The van der Waals surface area contributed by atoms with E-state index in [1.807, 2.05) is 6.92 Å². The summed E-state index contributed by atoms with van der Waals surface area (Å²) in [5.74, 6) is -0.353. The zero-order valence-corrected chi connectivity index (χ0v) is 13.7. The fourth-order valence-electron chi connectivity index (χ4n) is 2.18. The van der Waals surface area contributed by atoms with Crippen molar-refractivity contribution < 1.29 is 14.5 Å². The van der Waals surface area contributed by atoms with Crippen molar-refractivity contribution in [3.63, 3.8) is 0 Å². The van der Waals surface area contributed by atoms with E-state index in [9.17, 15) is 14.9 Å². The molecule has 0 amide bonds. The first-order valence-corrected chi connectivity index (χ1v) is 7.40. The Labute approximate surface area is 138 Å². The van der Waals surface area contributed by atoms with E-state index in [1.165, 1.54) is 12.1 Å². The molecule has 0 fully saturated rings. The molecule has 24 heavy (non-hydrogen) atoms. The second-order valence-electron chi connectivity index (χ2n) is 5.09. The van der Waals surface area contributed by atoms with Gasteiger partial charge in [-0.15, -0.1) is 0 Å². The highest BCUT2D eigenvalue weighted by atomic mass is 16.6. The summed E-state index contributed by atoms with van der Waals surface area (Å²) in [5.41, 5.74) is 2.87. The van der Waals surface area contributed by atoms with Crippen LogP contribution in [0.4, 0.5) is 11.4 Å². The summed E-state index contributed by atoms with van der Waals surface area (Å²) < 4.78 is 6.47. The Morgan fingerprint density at radius 2 is 2.04 bits per heavy atom. The summed E-state index contributed by atoms with van der Waals surface area (Å²) in [4.78, 5) is 26.2. The van der Waals surface area contributed by atoms with Crippen LogP contribution in [-0.4, -0.2) is 33.5 Å². The number of nitrogens with zero attached hydrogens (tertiary/aromatic N) is 4. The van der Waals surface area contributed by atoms with E-state index in [2.05, 4.69) is 10.1 Å². The SMILES string of the molecule is CCOC(=O)Cn1nc(C)c(N=Cc2ccc([N+](=O)[O-])cc2)c1C. The van der Waals surface area contributed by atoms with E-state index in [0.717, 1.165) is 11.3 Å². The van der Waals surface area contributed by atoms with E-state index in [1.54, 1.807) is 36.9 Å². The second kappa shape index (κ2) is 7.49. The average Bonchev–Trinajstić information content (AvgIpc) is 2.80. The smallest absolute Gasteiger partial charge is 0.327 e. The third-order valence-corrected chi connectivity index (χ3v) is 3.37. The zero-order valence-electron chi connectivity index (χ0n) is 13.7. The predicted molar refractivity (Wildman–Crippen MR) is 88.7 cm³/mol. The van der Waals surface area contributed by atoms with Gasteiger partial charge in [-0.2, -0.15) is 5.10 Å². The van der Waals surface area contributed by atoms with E-state index in [4.69, 9.17) is 4.74 Å². The first kappa shape index (κ1) is 17.3. The third kappa shape index (κ3) is 4.03. The topological polar surface area (TPSA) is 99.6 Å². The molecule has 0 saturated carbocycles. The van der Waals surface area contributed by atoms with Crippen LogP contribution in [0.2, 0.25) is 0 Å². The number of rotatable bonds is 6. The van der Waals surface area contributed by atoms with Gasteiger partial charge in [0.1, 0.15) is 12.2 Å². The normalized spacial score (nSPS) is 11.0. The Bertz CT molecular complexity index is 778. The van der Waals surface area contributed by atoms with Gasteiger partial charge in [-0.25, -0.2) is 0 Å². The number of ether oxygens (including phenoxy) is 1. The Kier molecular flexibility index (Phi) is 5.41. The summed E-state index contributed by atoms with van der Waals surface area (Å²) in [6, 6.07) is 6.08. The first-order chi connectivity index (χ1) is 11.4. The molecule has 0 aliphatic carbocycles. The number of aromatic nitrogens is 2. The van der Waals surface area contributed by atoms with Crippen molar-refractivity contribution in [2.45, 2.75) is 27.3 Å². The number of carbonyl (C=O) groups excluding carboxylic acids is 1. The lowest BCUT2D eigenvalue weighted by Crippen LogP contribution is -2.15.